The van der Waals surface area contributed by atoms with Crippen molar-refractivity contribution in [1.29, 1.82) is 0 Å². The highest BCUT2D eigenvalue weighted by Gasteiger charge is 2.11. The molecule has 0 saturated heterocycles. The van der Waals surface area contributed by atoms with E-state index in [2.05, 4.69) is 10.6 Å². The SMILES string of the molecule is C[C@@H](NC(=O)CCNC(=O)c1ccco1)c1ccccc1. The standard InChI is InChI=1S/C16H18N2O3/c1-12(13-6-3-2-4-7-13)18-15(19)9-10-17-16(20)14-8-5-11-21-14/h2-8,11-12H,9-10H2,1H3,(H,17,20)(H,18,19)/t12-/m1/s1. The van der Waals surface area contributed by atoms with Crippen molar-refractivity contribution in [2.45, 2.75) is 19.4 Å². The summed E-state index contributed by atoms with van der Waals surface area (Å²) in [4.78, 5) is 23.4. The van der Waals surface area contributed by atoms with Gasteiger partial charge in [0.2, 0.25) is 5.91 Å². The van der Waals surface area contributed by atoms with E-state index in [1.807, 2.05) is 37.3 Å². The van der Waals surface area contributed by atoms with Gasteiger partial charge in [-0.15, -0.1) is 0 Å². The Labute approximate surface area is 123 Å². The first kappa shape index (κ1) is 14.8. The fourth-order valence-corrected chi connectivity index (χ4v) is 1.92. The first-order valence-electron chi connectivity index (χ1n) is 6.83. The highest BCUT2D eigenvalue weighted by Crippen LogP contribution is 2.10. The number of amides is 2. The largest absolute Gasteiger partial charge is 0.459 e. The molecule has 1 aromatic carbocycles. The third-order valence-electron chi connectivity index (χ3n) is 3.06. The first-order valence-corrected chi connectivity index (χ1v) is 6.83. The smallest absolute Gasteiger partial charge is 0.286 e. The lowest BCUT2D eigenvalue weighted by atomic mass is 10.1. The molecule has 5 nitrogen and oxygen atoms in total. The average molecular weight is 286 g/mol. The number of furan rings is 1. The molecule has 1 aromatic heterocycles. The maximum absolute atomic E-state index is 11.8. The summed E-state index contributed by atoms with van der Waals surface area (Å²) < 4.78 is 4.96. The second-order valence-electron chi connectivity index (χ2n) is 4.68. The molecule has 2 amide bonds. The molecule has 1 atom stereocenters. The van der Waals surface area contributed by atoms with Crippen LogP contribution >= 0.6 is 0 Å². The Balaban J connectivity index is 1.71. The predicted octanol–water partition coefficient (Wildman–Crippen LogP) is 2.28. The van der Waals surface area contributed by atoms with Crippen molar-refractivity contribution in [2.75, 3.05) is 6.54 Å². The van der Waals surface area contributed by atoms with Crippen molar-refractivity contribution in [1.82, 2.24) is 10.6 Å². The average Bonchev–Trinajstić information content (AvgIpc) is 3.02. The maximum Gasteiger partial charge on any atom is 0.286 e. The molecule has 5 heteroatoms. The molecule has 0 spiro atoms. The Bertz CT molecular complexity index is 579. The second kappa shape index (κ2) is 7.28. The lowest BCUT2D eigenvalue weighted by Crippen LogP contribution is -2.31. The van der Waals surface area contributed by atoms with Gasteiger partial charge in [-0.2, -0.15) is 0 Å². The Morgan fingerprint density at radius 2 is 1.90 bits per heavy atom. The van der Waals surface area contributed by atoms with Gasteiger partial charge in [0.05, 0.1) is 12.3 Å². The highest BCUT2D eigenvalue weighted by atomic mass is 16.3. The van der Waals surface area contributed by atoms with Crippen LogP contribution < -0.4 is 10.6 Å². The molecule has 0 aliphatic carbocycles. The molecule has 2 N–H and O–H groups in total. The van der Waals surface area contributed by atoms with Gasteiger partial charge in [0.15, 0.2) is 5.76 Å². The Morgan fingerprint density at radius 3 is 2.57 bits per heavy atom. The summed E-state index contributed by atoms with van der Waals surface area (Å²) in [6.07, 6.45) is 1.66. The highest BCUT2D eigenvalue weighted by molar-refractivity contribution is 5.91. The monoisotopic (exact) mass is 286 g/mol. The summed E-state index contributed by atoms with van der Waals surface area (Å²) in [6.45, 7) is 2.20. The van der Waals surface area contributed by atoms with Gasteiger partial charge < -0.3 is 15.1 Å². The van der Waals surface area contributed by atoms with Crippen LogP contribution in [0.25, 0.3) is 0 Å². The second-order valence-corrected chi connectivity index (χ2v) is 4.68. The van der Waals surface area contributed by atoms with Crippen molar-refractivity contribution in [3.05, 3.63) is 60.1 Å². The van der Waals surface area contributed by atoms with Gasteiger partial charge in [-0.3, -0.25) is 9.59 Å². The number of carbonyl (C=O) groups excluding carboxylic acids is 2. The van der Waals surface area contributed by atoms with E-state index >= 15 is 0 Å². The molecule has 2 rings (SSSR count). The number of hydrogen-bond donors (Lipinski definition) is 2. The van der Waals surface area contributed by atoms with E-state index in [4.69, 9.17) is 4.42 Å². The van der Waals surface area contributed by atoms with Crippen LogP contribution in [0, 0.1) is 0 Å². The molecule has 0 aliphatic heterocycles. The van der Waals surface area contributed by atoms with Crippen LogP contribution in [0.1, 0.15) is 35.5 Å². The van der Waals surface area contributed by atoms with E-state index in [1.165, 1.54) is 6.26 Å². The number of hydrogen-bond acceptors (Lipinski definition) is 3. The third-order valence-corrected chi connectivity index (χ3v) is 3.06. The van der Waals surface area contributed by atoms with Crippen LogP contribution in [-0.2, 0) is 4.79 Å². The van der Waals surface area contributed by atoms with Crippen LogP contribution in [0.2, 0.25) is 0 Å². The molecule has 0 saturated carbocycles. The molecule has 21 heavy (non-hydrogen) atoms. The molecule has 0 bridgehead atoms. The minimum atomic E-state index is -0.316. The van der Waals surface area contributed by atoms with Crippen LogP contribution in [0.4, 0.5) is 0 Å². The Hall–Kier alpha value is -2.56. The van der Waals surface area contributed by atoms with Crippen LogP contribution in [0.5, 0.6) is 0 Å². The van der Waals surface area contributed by atoms with E-state index < -0.39 is 0 Å². The van der Waals surface area contributed by atoms with Gasteiger partial charge in [-0.05, 0) is 24.6 Å². The zero-order valence-corrected chi connectivity index (χ0v) is 11.8. The van der Waals surface area contributed by atoms with E-state index in [0.29, 0.717) is 0 Å². The fraction of sp³-hybridized carbons (Fsp3) is 0.250. The number of benzene rings is 1. The van der Waals surface area contributed by atoms with Gasteiger partial charge in [-0.1, -0.05) is 30.3 Å². The van der Waals surface area contributed by atoms with Crippen molar-refractivity contribution in [3.8, 4) is 0 Å². The number of carbonyl (C=O) groups is 2. The van der Waals surface area contributed by atoms with Gasteiger partial charge in [0.25, 0.3) is 5.91 Å². The quantitative estimate of drug-likeness (QED) is 0.855. The van der Waals surface area contributed by atoms with Crippen molar-refractivity contribution in [2.24, 2.45) is 0 Å². The Morgan fingerprint density at radius 1 is 1.14 bits per heavy atom. The Kier molecular flexibility index (Phi) is 5.15. The topological polar surface area (TPSA) is 71.3 Å². The lowest BCUT2D eigenvalue weighted by molar-refractivity contribution is -0.121. The normalized spacial score (nSPS) is 11.7. The minimum absolute atomic E-state index is 0.0560. The number of rotatable bonds is 6. The summed E-state index contributed by atoms with van der Waals surface area (Å²) in [5.41, 5.74) is 1.05. The third kappa shape index (κ3) is 4.49. The molecule has 0 fully saturated rings. The van der Waals surface area contributed by atoms with Gasteiger partial charge >= 0.3 is 0 Å². The number of nitrogens with one attached hydrogen (secondary N) is 2. The fourth-order valence-electron chi connectivity index (χ4n) is 1.92. The van der Waals surface area contributed by atoms with E-state index in [9.17, 15) is 9.59 Å². The van der Waals surface area contributed by atoms with Crippen molar-refractivity contribution < 1.29 is 14.0 Å². The molecular formula is C16H18N2O3. The summed E-state index contributed by atoms with van der Waals surface area (Å²) >= 11 is 0. The van der Waals surface area contributed by atoms with Gasteiger partial charge in [-0.25, -0.2) is 0 Å². The molecule has 110 valence electrons. The summed E-state index contributed by atoms with van der Waals surface area (Å²) in [5.74, 6) is -0.178. The van der Waals surface area contributed by atoms with Gasteiger partial charge in [0.1, 0.15) is 0 Å². The van der Waals surface area contributed by atoms with Crippen LogP contribution in [0.3, 0.4) is 0 Å². The van der Waals surface area contributed by atoms with Crippen molar-refractivity contribution >= 4 is 11.8 Å². The van der Waals surface area contributed by atoms with E-state index in [-0.39, 0.29) is 36.6 Å². The van der Waals surface area contributed by atoms with Crippen LogP contribution in [-0.4, -0.2) is 18.4 Å². The van der Waals surface area contributed by atoms with Gasteiger partial charge in [0, 0.05) is 13.0 Å². The zero-order valence-electron chi connectivity index (χ0n) is 11.8. The lowest BCUT2D eigenvalue weighted by Gasteiger charge is -2.14. The predicted molar refractivity (Wildman–Crippen MR) is 78.7 cm³/mol. The summed E-state index contributed by atoms with van der Waals surface area (Å²) in [6, 6.07) is 12.9. The van der Waals surface area contributed by atoms with Crippen LogP contribution in [0.15, 0.2) is 53.1 Å². The maximum atomic E-state index is 11.8. The molecule has 2 aromatic rings. The van der Waals surface area contributed by atoms with E-state index in [1.54, 1.807) is 12.1 Å². The molecule has 0 unspecified atom stereocenters. The molecule has 0 radical (unpaired) electrons. The zero-order chi connectivity index (χ0) is 15.1. The summed E-state index contributed by atoms with van der Waals surface area (Å²) in [5, 5.41) is 5.53. The summed E-state index contributed by atoms with van der Waals surface area (Å²) in [7, 11) is 0. The molecular weight excluding hydrogens is 268 g/mol. The first-order chi connectivity index (χ1) is 10.2. The molecule has 1 heterocycles. The molecule has 0 aliphatic rings. The van der Waals surface area contributed by atoms with E-state index in [0.717, 1.165) is 5.56 Å². The van der Waals surface area contributed by atoms with Crippen molar-refractivity contribution in [3.63, 3.8) is 0 Å². The minimum Gasteiger partial charge on any atom is -0.459 e.